The minimum Gasteiger partial charge on any atom is -0.386 e. The summed E-state index contributed by atoms with van der Waals surface area (Å²) in [6, 6.07) is 7.25. The van der Waals surface area contributed by atoms with Crippen LogP contribution in [0.3, 0.4) is 0 Å². The second-order valence-electron chi connectivity index (χ2n) is 5.40. The van der Waals surface area contributed by atoms with E-state index in [9.17, 15) is 13.5 Å². The van der Waals surface area contributed by atoms with Crippen LogP contribution in [0.4, 0.5) is 0 Å². The molecular weight excluding hydrogens is 236 g/mol. The SMILES string of the molecule is CC(C)(O)c1ccc(C2(S(C)(=O)=O)CC2)cc1. The van der Waals surface area contributed by atoms with Gasteiger partial charge in [0.1, 0.15) is 0 Å². The van der Waals surface area contributed by atoms with Gasteiger partial charge in [0, 0.05) is 6.26 Å². The minimum atomic E-state index is -3.06. The van der Waals surface area contributed by atoms with Gasteiger partial charge in [0.05, 0.1) is 10.3 Å². The maximum atomic E-state index is 11.7. The molecule has 0 bridgehead atoms. The predicted octanol–water partition coefficient (Wildman–Crippen LogP) is 1.95. The molecule has 1 saturated carbocycles. The van der Waals surface area contributed by atoms with Crippen molar-refractivity contribution in [3.8, 4) is 0 Å². The van der Waals surface area contributed by atoms with Gasteiger partial charge < -0.3 is 5.11 Å². The van der Waals surface area contributed by atoms with Crippen LogP contribution in [0.25, 0.3) is 0 Å². The average molecular weight is 254 g/mol. The maximum absolute atomic E-state index is 11.7. The van der Waals surface area contributed by atoms with Gasteiger partial charge >= 0.3 is 0 Å². The molecule has 1 N–H and O–H groups in total. The van der Waals surface area contributed by atoms with Gasteiger partial charge in [-0.2, -0.15) is 0 Å². The van der Waals surface area contributed by atoms with Crippen LogP contribution in [0.5, 0.6) is 0 Å². The zero-order valence-corrected chi connectivity index (χ0v) is 11.2. The van der Waals surface area contributed by atoms with Crippen LogP contribution in [-0.2, 0) is 20.2 Å². The van der Waals surface area contributed by atoms with Crippen LogP contribution >= 0.6 is 0 Å². The summed E-state index contributed by atoms with van der Waals surface area (Å²) in [4.78, 5) is 0. The third-order valence-corrected chi connectivity index (χ3v) is 5.59. The number of benzene rings is 1. The summed E-state index contributed by atoms with van der Waals surface area (Å²) < 4.78 is 22.8. The van der Waals surface area contributed by atoms with E-state index in [1.165, 1.54) is 6.26 Å². The molecular formula is C13H18O3S. The lowest BCUT2D eigenvalue weighted by molar-refractivity contribution is 0.0786. The standard InChI is InChI=1S/C13H18O3S/c1-12(2,14)10-4-6-11(7-5-10)13(8-9-13)17(3,15)16/h4-7,14H,8-9H2,1-3H3. The number of aliphatic hydroxyl groups is 1. The summed E-state index contributed by atoms with van der Waals surface area (Å²) in [5, 5.41) is 9.84. The minimum absolute atomic E-state index is 0.662. The van der Waals surface area contributed by atoms with Crippen molar-refractivity contribution in [1.29, 1.82) is 0 Å². The highest BCUT2D eigenvalue weighted by Gasteiger charge is 2.53. The third kappa shape index (κ3) is 2.11. The molecule has 2 rings (SSSR count). The smallest absolute Gasteiger partial charge is 0.157 e. The van der Waals surface area contributed by atoms with Crippen molar-refractivity contribution in [3.63, 3.8) is 0 Å². The van der Waals surface area contributed by atoms with E-state index in [0.29, 0.717) is 12.8 Å². The van der Waals surface area contributed by atoms with Crippen molar-refractivity contribution >= 4 is 9.84 Å². The Labute approximate surface area is 102 Å². The van der Waals surface area contributed by atoms with Crippen molar-refractivity contribution in [1.82, 2.24) is 0 Å². The monoisotopic (exact) mass is 254 g/mol. The van der Waals surface area contributed by atoms with E-state index in [1.807, 2.05) is 12.1 Å². The van der Waals surface area contributed by atoms with Crippen molar-refractivity contribution in [2.75, 3.05) is 6.26 Å². The number of sulfone groups is 1. The fraction of sp³-hybridized carbons (Fsp3) is 0.538. The second kappa shape index (κ2) is 3.56. The van der Waals surface area contributed by atoms with E-state index >= 15 is 0 Å². The molecule has 94 valence electrons. The Kier molecular flexibility index (Phi) is 2.64. The second-order valence-corrected chi connectivity index (χ2v) is 7.73. The quantitative estimate of drug-likeness (QED) is 0.897. The molecule has 0 aliphatic heterocycles. The van der Waals surface area contributed by atoms with Gasteiger partial charge in [0.25, 0.3) is 0 Å². The Hall–Kier alpha value is -0.870. The zero-order chi connectivity index (χ0) is 12.9. The van der Waals surface area contributed by atoms with Crippen LogP contribution in [0.1, 0.15) is 37.8 Å². The number of hydrogen-bond acceptors (Lipinski definition) is 3. The van der Waals surface area contributed by atoms with E-state index in [-0.39, 0.29) is 0 Å². The molecule has 1 fully saturated rings. The summed E-state index contributed by atoms with van der Waals surface area (Å²) >= 11 is 0. The van der Waals surface area contributed by atoms with Crippen molar-refractivity contribution in [2.24, 2.45) is 0 Å². The van der Waals surface area contributed by atoms with Crippen molar-refractivity contribution in [3.05, 3.63) is 35.4 Å². The van der Waals surface area contributed by atoms with Crippen LogP contribution < -0.4 is 0 Å². The highest BCUT2D eigenvalue weighted by Crippen LogP contribution is 2.52. The first-order valence-corrected chi connectivity index (χ1v) is 7.59. The Bertz CT molecular complexity index is 517. The molecule has 0 saturated heterocycles. The Balaban J connectivity index is 2.38. The molecule has 4 heteroatoms. The average Bonchev–Trinajstić information content (AvgIpc) is 2.96. The molecule has 0 spiro atoms. The number of hydrogen-bond donors (Lipinski definition) is 1. The lowest BCUT2D eigenvalue weighted by Gasteiger charge is -2.19. The van der Waals surface area contributed by atoms with Crippen LogP contribution in [-0.4, -0.2) is 19.8 Å². The molecule has 0 atom stereocenters. The van der Waals surface area contributed by atoms with Crippen molar-refractivity contribution in [2.45, 2.75) is 37.0 Å². The molecule has 0 radical (unpaired) electrons. The molecule has 1 aromatic rings. The lowest BCUT2D eigenvalue weighted by atomic mass is 9.96. The first-order valence-electron chi connectivity index (χ1n) is 5.70. The van der Waals surface area contributed by atoms with Gasteiger partial charge in [-0.05, 0) is 37.8 Å². The maximum Gasteiger partial charge on any atom is 0.157 e. The zero-order valence-electron chi connectivity index (χ0n) is 10.4. The van der Waals surface area contributed by atoms with Crippen molar-refractivity contribution < 1.29 is 13.5 Å². The molecule has 17 heavy (non-hydrogen) atoms. The van der Waals surface area contributed by atoms with Gasteiger partial charge in [-0.25, -0.2) is 8.42 Å². The molecule has 0 unspecified atom stereocenters. The highest BCUT2D eigenvalue weighted by molar-refractivity contribution is 7.92. The normalized spacial score (nSPS) is 19.1. The van der Waals surface area contributed by atoms with E-state index in [0.717, 1.165) is 11.1 Å². The third-order valence-electron chi connectivity index (χ3n) is 3.53. The number of rotatable bonds is 3. The summed E-state index contributed by atoms with van der Waals surface area (Å²) in [7, 11) is -3.06. The lowest BCUT2D eigenvalue weighted by Crippen LogP contribution is -2.20. The van der Waals surface area contributed by atoms with Crippen LogP contribution in [0.2, 0.25) is 0 Å². The van der Waals surface area contributed by atoms with Crippen LogP contribution in [0, 0.1) is 0 Å². The molecule has 1 aliphatic rings. The molecule has 0 aromatic heterocycles. The Morgan fingerprint density at radius 3 is 1.94 bits per heavy atom. The summed E-state index contributed by atoms with van der Waals surface area (Å²) in [6.45, 7) is 3.43. The van der Waals surface area contributed by atoms with Gasteiger partial charge in [0.15, 0.2) is 9.84 Å². The van der Waals surface area contributed by atoms with Gasteiger partial charge in [-0.3, -0.25) is 0 Å². The van der Waals surface area contributed by atoms with E-state index in [2.05, 4.69) is 0 Å². The molecule has 1 aromatic carbocycles. The fourth-order valence-electron chi connectivity index (χ4n) is 2.17. The first-order chi connectivity index (χ1) is 7.67. The highest BCUT2D eigenvalue weighted by atomic mass is 32.2. The predicted molar refractivity (Wildman–Crippen MR) is 67.4 cm³/mol. The summed E-state index contributed by atoms with van der Waals surface area (Å²) in [5.74, 6) is 0. The van der Waals surface area contributed by atoms with Gasteiger partial charge in [0.2, 0.25) is 0 Å². The topological polar surface area (TPSA) is 54.4 Å². The Morgan fingerprint density at radius 1 is 1.18 bits per heavy atom. The molecule has 1 aliphatic carbocycles. The van der Waals surface area contributed by atoms with E-state index in [1.54, 1.807) is 26.0 Å². The molecule has 0 heterocycles. The summed E-state index contributed by atoms with van der Waals surface area (Å²) in [6.07, 6.45) is 2.70. The summed E-state index contributed by atoms with van der Waals surface area (Å²) in [5.41, 5.74) is 0.749. The van der Waals surface area contributed by atoms with Gasteiger partial charge in [-0.15, -0.1) is 0 Å². The Morgan fingerprint density at radius 2 is 1.65 bits per heavy atom. The largest absolute Gasteiger partial charge is 0.386 e. The van der Waals surface area contributed by atoms with E-state index in [4.69, 9.17) is 0 Å². The van der Waals surface area contributed by atoms with Gasteiger partial charge in [-0.1, -0.05) is 24.3 Å². The first kappa shape index (κ1) is 12.6. The van der Waals surface area contributed by atoms with E-state index < -0.39 is 20.2 Å². The fourth-order valence-corrected chi connectivity index (χ4v) is 3.58. The molecule has 3 nitrogen and oxygen atoms in total. The van der Waals surface area contributed by atoms with Crippen LogP contribution in [0.15, 0.2) is 24.3 Å². The molecule has 0 amide bonds.